The Hall–Kier alpha value is -2.07. The van der Waals surface area contributed by atoms with Gasteiger partial charge in [0.15, 0.2) is 11.7 Å². The molecule has 0 aliphatic carbocycles. The van der Waals surface area contributed by atoms with Crippen LogP contribution in [0.1, 0.15) is 42.8 Å². The van der Waals surface area contributed by atoms with Gasteiger partial charge in [0, 0.05) is 32.0 Å². The van der Waals surface area contributed by atoms with E-state index >= 15 is 0 Å². The second-order valence-corrected chi connectivity index (χ2v) is 6.15. The molecule has 0 unspecified atom stereocenters. The highest BCUT2D eigenvalue weighted by Gasteiger charge is 2.08. The summed E-state index contributed by atoms with van der Waals surface area (Å²) < 4.78 is 10.4. The predicted octanol–water partition coefficient (Wildman–Crippen LogP) is 4.02. The maximum absolute atomic E-state index is 12.0. The second-order valence-electron chi connectivity index (χ2n) is 6.15. The molecule has 0 aliphatic rings. The number of nitrogens with one attached hydrogen (secondary N) is 3. The first-order valence-corrected chi connectivity index (χ1v) is 9.76. The van der Waals surface area contributed by atoms with Gasteiger partial charge in [0.2, 0.25) is 0 Å². The number of unbranched alkanes of at least 4 members (excludes halogenated alkanes) is 1. The second kappa shape index (κ2) is 14.9. The van der Waals surface area contributed by atoms with Gasteiger partial charge in [0.1, 0.15) is 0 Å². The Morgan fingerprint density at radius 3 is 2.55 bits per heavy atom. The first kappa shape index (κ1) is 25.0. The summed E-state index contributed by atoms with van der Waals surface area (Å²) in [6, 6.07) is 10.9. The zero-order valence-electron chi connectivity index (χ0n) is 17.1. The van der Waals surface area contributed by atoms with Crippen LogP contribution in [-0.4, -0.2) is 38.2 Å². The van der Waals surface area contributed by atoms with Crippen molar-refractivity contribution in [2.75, 3.05) is 31.6 Å². The van der Waals surface area contributed by atoms with Crippen LogP contribution < -0.4 is 16.0 Å². The van der Waals surface area contributed by atoms with E-state index in [0.717, 1.165) is 50.7 Å². The van der Waals surface area contributed by atoms with Gasteiger partial charge in [-0.3, -0.25) is 4.79 Å². The van der Waals surface area contributed by atoms with Crippen LogP contribution in [0.2, 0.25) is 0 Å². The summed E-state index contributed by atoms with van der Waals surface area (Å²) in [6.07, 6.45) is 3.55. The van der Waals surface area contributed by atoms with Crippen LogP contribution in [-0.2, 0) is 11.3 Å². The van der Waals surface area contributed by atoms with Gasteiger partial charge in [-0.05, 0) is 56.5 Å². The van der Waals surface area contributed by atoms with Gasteiger partial charge in [-0.2, -0.15) is 0 Å². The topological polar surface area (TPSA) is 87.9 Å². The van der Waals surface area contributed by atoms with Crippen molar-refractivity contribution in [2.24, 2.45) is 4.99 Å². The van der Waals surface area contributed by atoms with E-state index in [1.165, 1.54) is 6.26 Å². The maximum Gasteiger partial charge on any atom is 0.291 e. The van der Waals surface area contributed by atoms with E-state index in [2.05, 4.69) is 20.9 Å². The van der Waals surface area contributed by atoms with Crippen molar-refractivity contribution in [1.29, 1.82) is 0 Å². The Balaban J connectivity index is 0.00000420. The van der Waals surface area contributed by atoms with Gasteiger partial charge in [0.05, 0.1) is 12.8 Å². The van der Waals surface area contributed by atoms with E-state index in [4.69, 9.17) is 9.15 Å². The van der Waals surface area contributed by atoms with E-state index in [1.807, 2.05) is 38.1 Å². The standard InChI is InChI=1S/C21H30N4O3.HI/c1-3-22-21(23-13-5-6-14-27-4-2)24-16-17-9-11-18(12-10-17)25-20(26)19-8-7-15-28-19;/h7-12,15H,3-6,13-14,16H2,1-2H3,(H,25,26)(H2,22,23,24);1H. The SMILES string of the molecule is CCNC(=NCc1ccc(NC(=O)c2ccco2)cc1)NCCCCOCC.I. The minimum atomic E-state index is -0.265. The fraction of sp³-hybridized carbons (Fsp3) is 0.429. The molecule has 1 amide bonds. The van der Waals surface area contributed by atoms with E-state index in [1.54, 1.807) is 12.1 Å². The number of hydrogen-bond donors (Lipinski definition) is 3. The molecule has 8 heteroatoms. The molecule has 3 N–H and O–H groups in total. The number of ether oxygens (including phenoxy) is 1. The van der Waals surface area contributed by atoms with Gasteiger partial charge < -0.3 is 25.1 Å². The summed E-state index contributed by atoms with van der Waals surface area (Å²) >= 11 is 0. The Morgan fingerprint density at radius 2 is 1.90 bits per heavy atom. The van der Waals surface area contributed by atoms with E-state index < -0.39 is 0 Å². The van der Waals surface area contributed by atoms with Crippen LogP contribution in [0.15, 0.2) is 52.1 Å². The van der Waals surface area contributed by atoms with Gasteiger partial charge >= 0.3 is 0 Å². The zero-order valence-corrected chi connectivity index (χ0v) is 19.4. The molecular weight excluding hydrogens is 483 g/mol. The van der Waals surface area contributed by atoms with Gasteiger partial charge in [0.25, 0.3) is 5.91 Å². The molecule has 160 valence electrons. The lowest BCUT2D eigenvalue weighted by Gasteiger charge is -2.11. The zero-order chi connectivity index (χ0) is 20.0. The molecule has 0 radical (unpaired) electrons. The van der Waals surface area contributed by atoms with Crippen molar-refractivity contribution in [3.05, 3.63) is 54.0 Å². The highest BCUT2D eigenvalue weighted by molar-refractivity contribution is 14.0. The largest absolute Gasteiger partial charge is 0.459 e. The fourth-order valence-corrected chi connectivity index (χ4v) is 2.49. The number of carbonyl (C=O) groups is 1. The number of guanidine groups is 1. The lowest BCUT2D eigenvalue weighted by atomic mass is 10.2. The van der Waals surface area contributed by atoms with Crippen LogP contribution >= 0.6 is 24.0 Å². The summed E-state index contributed by atoms with van der Waals surface area (Å²) in [6.45, 7) is 7.84. The van der Waals surface area contributed by atoms with E-state index in [-0.39, 0.29) is 35.6 Å². The molecule has 0 spiro atoms. The molecule has 0 bridgehead atoms. The quantitative estimate of drug-likeness (QED) is 0.183. The molecule has 0 saturated heterocycles. The Morgan fingerprint density at radius 1 is 1.10 bits per heavy atom. The minimum absolute atomic E-state index is 0. The molecule has 1 aromatic heterocycles. The number of furan rings is 1. The number of nitrogens with zero attached hydrogens (tertiary/aromatic N) is 1. The first-order chi connectivity index (χ1) is 13.7. The summed E-state index contributed by atoms with van der Waals surface area (Å²) in [4.78, 5) is 16.6. The molecule has 7 nitrogen and oxygen atoms in total. The first-order valence-electron chi connectivity index (χ1n) is 9.76. The third-order valence-electron chi connectivity index (χ3n) is 3.93. The van der Waals surface area contributed by atoms with Crippen LogP contribution in [0.25, 0.3) is 0 Å². The van der Waals surface area contributed by atoms with Crippen molar-refractivity contribution in [2.45, 2.75) is 33.2 Å². The summed E-state index contributed by atoms with van der Waals surface area (Å²) in [5, 5.41) is 9.39. The minimum Gasteiger partial charge on any atom is -0.459 e. The summed E-state index contributed by atoms with van der Waals surface area (Å²) in [5.41, 5.74) is 1.78. The molecule has 29 heavy (non-hydrogen) atoms. The van der Waals surface area contributed by atoms with Crippen molar-refractivity contribution >= 4 is 41.5 Å². The van der Waals surface area contributed by atoms with Crippen LogP contribution in [0, 0.1) is 0 Å². The van der Waals surface area contributed by atoms with Crippen LogP contribution in [0.5, 0.6) is 0 Å². The monoisotopic (exact) mass is 514 g/mol. The lowest BCUT2D eigenvalue weighted by molar-refractivity contribution is 0.0996. The van der Waals surface area contributed by atoms with Crippen molar-refractivity contribution in [1.82, 2.24) is 10.6 Å². The average Bonchev–Trinajstić information content (AvgIpc) is 3.25. The Kier molecular flexibility index (Phi) is 12.8. The third-order valence-corrected chi connectivity index (χ3v) is 3.93. The Bertz CT molecular complexity index is 718. The molecule has 1 heterocycles. The number of hydrogen-bond acceptors (Lipinski definition) is 4. The van der Waals surface area contributed by atoms with E-state index in [0.29, 0.717) is 12.2 Å². The fourth-order valence-electron chi connectivity index (χ4n) is 2.49. The molecule has 0 aliphatic heterocycles. The number of carbonyl (C=O) groups excluding carboxylic acids is 1. The molecule has 2 rings (SSSR count). The maximum atomic E-state index is 12.0. The van der Waals surface area contributed by atoms with E-state index in [9.17, 15) is 4.79 Å². The van der Waals surface area contributed by atoms with Crippen molar-refractivity contribution < 1.29 is 13.9 Å². The highest BCUT2D eigenvalue weighted by atomic mass is 127. The smallest absolute Gasteiger partial charge is 0.291 e. The highest BCUT2D eigenvalue weighted by Crippen LogP contribution is 2.12. The average molecular weight is 514 g/mol. The van der Waals surface area contributed by atoms with Gasteiger partial charge in [-0.25, -0.2) is 4.99 Å². The number of anilines is 1. The van der Waals surface area contributed by atoms with Crippen LogP contribution in [0.4, 0.5) is 5.69 Å². The molecule has 1 aromatic carbocycles. The van der Waals surface area contributed by atoms with Crippen molar-refractivity contribution in [3.63, 3.8) is 0 Å². The summed E-state index contributed by atoms with van der Waals surface area (Å²) in [7, 11) is 0. The number of halogens is 1. The van der Waals surface area contributed by atoms with Crippen molar-refractivity contribution in [3.8, 4) is 0 Å². The van der Waals surface area contributed by atoms with Crippen LogP contribution in [0.3, 0.4) is 0 Å². The molecule has 0 atom stereocenters. The lowest BCUT2D eigenvalue weighted by Crippen LogP contribution is -2.37. The molecule has 2 aromatic rings. The normalized spacial score (nSPS) is 10.9. The Labute approximate surface area is 189 Å². The number of benzene rings is 1. The van der Waals surface area contributed by atoms with Gasteiger partial charge in [-0.1, -0.05) is 12.1 Å². The predicted molar refractivity (Wildman–Crippen MR) is 127 cm³/mol. The molecule has 0 fully saturated rings. The number of amides is 1. The number of rotatable bonds is 11. The molecular formula is C21H31IN4O3. The van der Waals surface area contributed by atoms with Gasteiger partial charge in [-0.15, -0.1) is 24.0 Å². The molecule has 0 saturated carbocycles. The number of aliphatic imine (C=N–C) groups is 1. The summed E-state index contributed by atoms with van der Waals surface area (Å²) in [5.74, 6) is 0.823. The third kappa shape index (κ3) is 9.80.